The zero-order valence-electron chi connectivity index (χ0n) is 25.3. The lowest BCUT2D eigenvalue weighted by Crippen LogP contribution is -2.48. The molecule has 2 aliphatic heterocycles. The number of phenols is 1. The Morgan fingerprint density at radius 1 is 0.936 bits per heavy atom. The first-order valence-electron chi connectivity index (χ1n) is 15.1. The van der Waals surface area contributed by atoms with Crippen LogP contribution in [0.1, 0.15) is 31.2 Å². The highest BCUT2D eigenvalue weighted by Gasteiger charge is 2.67. The van der Waals surface area contributed by atoms with Gasteiger partial charge >= 0.3 is 7.12 Å². The molecule has 4 aliphatic rings. The van der Waals surface area contributed by atoms with Crippen LogP contribution in [0.2, 0.25) is 5.02 Å². The fourth-order valence-corrected chi connectivity index (χ4v) is 8.41. The number of allylic oxidation sites excluding steroid dienone is 2. The molecule has 6 atom stereocenters. The van der Waals surface area contributed by atoms with E-state index in [0.717, 1.165) is 15.9 Å². The van der Waals surface area contributed by atoms with E-state index >= 15 is 0 Å². The lowest BCUT2D eigenvalue weighted by molar-refractivity contribution is -0.131. The highest BCUT2D eigenvalue weighted by atomic mass is 35.5. The van der Waals surface area contributed by atoms with Crippen molar-refractivity contribution in [3.05, 3.63) is 88.7 Å². The van der Waals surface area contributed by atoms with Gasteiger partial charge in [-0.15, -0.1) is 0 Å². The molecule has 0 radical (unpaired) electrons. The number of aromatic hydroxyl groups is 1. The van der Waals surface area contributed by atoms with Crippen LogP contribution in [0.3, 0.4) is 0 Å². The summed E-state index contributed by atoms with van der Waals surface area (Å²) in [6.45, 7) is 1.69. The van der Waals surface area contributed by atoms with Gasteiger partial charge in [-0.05, 0) is 79.2 Å². The fourth-order valence-electron chi connectivity index (χ4n) is 8.23. The number of hydrogen-bond acceptors (Lipinski definition) is 8. The molecule has 3 N–H and O–H groups in total. The quantitative estimate of drug-likeness (QED) is 0.215. The van der Waals surface area contributed by atoms with E-state index in [-0.39, 0.29) is 46.2 Å². The maximum absolute atomic E-state index is 14.5. The summed E-state index contributed by atoms with van der Waals surface area (Å²) >= 11 is 6.05. The van der Waals surface area contributed by atoms with Gasteiger partial charge in [-0.3, -0.25) is 24.1 Å². The van der Waals surface area contributed by atoms with Gasteiger partial charge in [-0.25, -0.2) is 9.29 Å². The van der Waals surface area contributed by atoms with Crippen LogP contribution in [0.5, 0.6) is 11.5 Å². The van der Waals surface area contributed by atoms with Gasteiger partial charge in [0.25, 0.3) is 0 Å². The van der Waals surface area contributed by atoms with E-state index in [0.29, 0.717) is 11.1 Å². The van der Waals surface area contributed by atoms with E-state index in [1.807, 2.05) is 6.08 Å². The van der Waals surface area contributed by atoms with Crippen LogP contribution >= 0.6 is 11.6 Å². The molecule has 0 aromatic heterocycles. The monoisotopic (exact) mass is 658 g/mol. The molecule has 0 bridgehead atoms. The molecule has 240 valence electrons. The number of carbonyl (C=O) groups excluding carboxylic acids is 4. The number of halogens is 2. The van der Waals surface area contributed by atoms with Crippen LogP contribution < -0.4 is 20.0 Å². The molecule has 2 saturated heterocycles. The molecule has 2 aliphatic carbocycles. The van der Waals surface area contributed by atoms with Gasteiger partial charge < -0.3 is 19.9 Å². The number of fused-ring (bicyclic) bond motifs is 4. The molecule has 47 heavy (non-hydrogen) atoms. The summed E-state index contributed by atoms with van der Waals surface area (Å²) in [6.07, 6.45) is 2.15. The molecular formula is C34H29BClFN2O8. The summed E-state index contributed by atoms with van der Waals surface area (Å²) in [5.41, 5.74) is 0.259. The number of anilines is 2. The first-order chi connectivity index (χ1) is 22.4. The average Bonchev–Trinajstić information content (AvgIpc) is 3.41. The Bertz CT molecular complexity index is 1920. The third kappa shape index (κ3) is 4.46. The van der Waals surface area contributed by atoms with E-state index < -0.39 is 71.6 Å². The van der Waals surface area contributed by atoms with Crippen LogP contribution in [0.4, 0.5) is 15.8 Å². The first-order valence-corrected chi connectivity index (χ1v) is 15.5. The summed E-state index contributed by atoms with van der Waals surface area (Å²) in [6, 6.07) is 14.3. The lowest BCUT2D eigenvalue weighted by Gasteiger charge is -2.49. The molecule has 3 fully saturated rings. The fraction of sp³-hybridized carbons (Fsp3) is 0.294. The highest BCUT2D eigenvalue weighted by molar-refractivity contribution is 6.58. The highest BCUT2D eigenvalue weighted by Crippen LogP contribution is 2.64. The van der Waals surface area contributed by atoms with Gasteiger partial charge in [0.05, 0.1) is 46.7 Å². The molecule has 0 spiro atoms. The smallest absolute Gasteiger partial charge is 0.488 e. The number of imide groups is 2. The minimum Gasteiger partial charge on any atom is -0.504 e. The summed E-state index contributed by atoms with van der Waals surface area (Å²) in [4.78, 5) is 58.9. The van der Waals surface area contributed by atoms with Crippen molar-refractivity contribution < 1.29 is 43.5 Å². The van der Waals surface area contributed by atoms with Crippen molar-refractivity contribution in [1.29, 1.82) is 0 Å². The van der Waals surface area contributed by atoms with Gasteiger partial charge in [-0.1, -0.05) is 41.4 Å². The molecule has 3 aromatic rings. The maximum atomic E-state index is 14.5. The average molecular weight is 659 g/mol. The number of phenolic OH excluding ortho intramolecular Hbond substituents is 1. The molecule has 7 rings (SSSR count). The van der Waals surface area contributed by atoms with Gasteiger partial charge in [0, 0.05) is 5.92 Å². The zero-order chi connectivity index (χ0) is 33.5. The summed E-state index contributed by atoms with van der Waals surface area (Å²) < 4.78 is 19.3. The molecule has 2 heterocycles. The van der Waals surface area contributed by atoms with E-state index in [1.54, 1.807) is 25.1 Å². The SMILES string of the molecule is COc1ccc([C@H]2C3=CC[C@@H]4C(=O)N(c5cccc(B(O)O)c5)C(=O)[C@@H]4[C@@H]3C[C@H]3C(=O)N(c4ccc(F)c(Cl)c4)C(=O)[C@@]23C)cc1O. The van der Waals surface area contributed by atoms with Gasteiger partial charge in [0.15, 0.2) is 11.5 Å². The second kappa shape index (κ2) is 11.0. The zero-order valence-corrected chi connectivity index (χ0v) is 26.0. The third-order valence-corrected chi connectivity index (χ3v) is 10.7. The Hall–Kier alpha value is -4.52. The van der Waals surface area contributed by atoms with Crippen molar-refractivity contribution in [3.63, 3.8) is 0 Å². The van der Waals surface area contributed by atoms with Crippen LogP contribution in [0.15, 0.2) is 72.3 Å². The summed E-state index contributed by atoms with van der Waals surface area (Å²) in [5.74, 6) is -6.64. The third-order valence-electron chi connectivity index (χ3n) is 10.4. The molecule has 10 nitrogen and oxygen atoms in total. The Labute approximate surface area is 274 Å². The number of amides is 4. The summed E-state index contributed by atoms with van der Waals surface area (Å²) in [7, 11) is -0.399. The number of nitrogens with zero attached hydrogens (tertiary/aromatic N) is 2. The predicted octanol–water partition coefficient (Wildman–Crippen LogP) is 3.31. The van der Waals surface area contributed by atoms with Gasteiger partial charge in [0.2, 0.25) is 23.6 Å². The predicted molar refractivity (Wildman–Crippen MR) is 169 cm³/mol. The molecule has 4 amide bonds. The number of benzene rings is 3. The van der Waals surface area contributed by atoms with E-state index in [1.165, 1.54) is 43.5 Å². The van der Waals surface area contributed by atoms with Crippen molar-refractivity contribution in [2.45, 2.75) is 25.7 Å². The Kier molecular flexibility index (Phi) is 7.30. The lowest BCUT2D eigenvalue weighted by atomic mass is 9.51. The second-order valence-electron chi connectivity index (χ2n) is 12.7. The normalized spacial score (nSPS) is 28.2. The van der Waals surface area contributed by atoms with Crippen molar-refractivity contribution in [2.24, 2.45) is 29.1 Å². The van der Waals surface area contributed by atoms with Crippen molar-refractivity contribution in [2.75, 3.05) is 16.9 Å². The number of ether oxygens (including phenoxy) is 1. The first kappa shape index (κ1) is 31.1. The number of rotatable bonds is 5. The maximum Gasteiger partial charge on any atom is 0.488 e. The number of methoxy groups -OCH3 is 1. The standard InChI is InChI=1S/C34H29BClFN2O8/c1-34-23(31(42)39(33(34)44)19-7-10-25(37)24(36)14-19)15-22-20(29(34)16-6-11-27(47-2)26(40)12-16)8-9-21-28(22)32(43)38(30(21)41)18-5-3-4-17(13-18)35(45)46/h3-8,10-14,21-23,28-29,40,45-46H,9,15H2,1-2H3/t21-,22+,23-,28-,29-,34+/m0/s1. The van der Waals surface area contributed by atoms with Crippen molar-refractivity contribution in [3.8, 4) is 11.5 Å². The van der Waals surface area contributed by atoms with E-state index in [9.17, 15) is 38.7 Å². The van der Waals surface area contributed by atoms with Crippen LogP contribution in [0.25, 0.3) is 0 Å². The summed E-state index contributed by atoms with van der Waals surface area (Å²) in [5, 5.41) is 30.0. The minimum atomic E-state index is -1.80. The molecule has 0 unspecified atom stereocenters. The molecular weight excluding hydrogens is 630 g/mol. The van der Waals surface area contributed by atoms with Crippen molar-refractivity contribution in [1.82, 2.24) is 0 Å². The molecule has 3 aromatic carbocycles. The molecule has 13 heteroatoms. The van der Waals surface area contributed by atoms with Crippen molar-refractivity contribution >= 4 is 59.2 Å². The second-order valence-corrected chi connectivity index (χ2v) is 13.1. The largest absolute Gasteiger partial charge is 0.504 e. The van der Waals surface area contributed by atoms with Gasteiger partial charge in [0.1, 0.15) is 5.82 Å². The Morgan fingerprint density at radius 2 is 1.68 bits per heavy atom. The van der Waals surface area contributed by atoms with Gasteiger partial charge in [-0.2, -0.15) is 0 Å². The number of carbonyl (C=O) groups is 4. The Morgan fingerprint density at radius 3 is 2.36 bits per heavy atom. The van der Waals surface area contributed by atoms with E-state index in [2.05, 4.69) is 0 Å². The topological polar surface area (TPSA) is 145 Å². The van der Waals surface area contributed by atoms with Crippen LogP contribution in [-0.4, -0.2) is 53.0 Å². The van der Waals surface area contributed by atoms with E-state index in [4.69, 9.17) is 16.3 Å². The Balaban J connectivity index is 1.36. The molecule has 1 saturated carbocycles. The van der Waals surface area contributed by atoms with Crippen LogP contribution in [0, 0.1) is 34.9 Å². The minimum absolute atomic E-state index is 0.0837. The number of hydrogen-bond donors (Lipinski definition) is 3. The van der Waals surface area contributed by atoms with Crippen LogP contribution in [-0.2, 0) is 19.2 Å².